The van der Waals surface area contributed by atoms with Crippen molar-refractivity contribution in [1.82, 2.24) is 9.88 Å². The fourth-order valence-corrected chi connectivity index (χ4v) is 3.00. The standard InChI is InChI=1S/C16H23N3O2/c20-16(19-7-9-21-10-8-19)14-11-15(13-17-12-14)18-5-3-1-2-4-6-18/h11-13H,1-10H2. The van der Waals surface area contributed by atoms with E-state index in [1.165, 1.54) is 25.7 Å². The van der Waals surface area contributed by atoms with Crippen molar-refractivity contribution in [2.24, 2.45) is 0 Å². The van der Waals surface area contributed by atoms with E-state index < -0.39 is 0 Å². The Labute approximate surface area is 125 Å². The second kappa shape index (κ2) is 6.89. The molecule has 114 valence electrons. The number of hydrogen-bond donors (Lipinski definition) is 0. The molecule has 0 spiro atoms. The number of rotatable bonds is 2. The van der Waals surface area contributed by atoms with Crippen LogP contribution in [0.3, 0.4) is 0 Å². The van der Waals surface area contributed by atoms with E-state index in [1.807, 2.05) is 17.2 Å². The summed E-state index contributed by atoms with van der Waals surface area (Å²) in [6, 6.07) is 2.00. The highest BCUT2D eigenvalue weighted by Crippen LogP contribution is 2.20. The lowest BCUT2D eigenvalue weighted by molar-refractivity contribution is 0.0302. The molecule has 5 heteroatoms. The van der Waals surface area contributed by atoms with Gasteiger partial charge < -0.3 is 14.5 Å². The van der Waals surface area contributed by atoms with Gasteiger partial charge in [-0.15, -0.1) is 0 Å². The lowest BCUT2D eigenvalue weighted by Gasteiger charge is -2.27. The van der Waals surface area contributed by atoms with Gasteiger partial charge in [0, 0.05) is 32.4 Å². The zero-order valence-electron chi connectivity index (χ0n) is 12.5. The number of anilines is 1. The third kappa shape index (κ3) is 3.53. The SMILES string of the molecule is O=C(c1cncc(N2CCCCCC2)c1)N1CCOCC1. The first kappa shape index (κ1) is 14.3. The summed E-state index contributed by atoms with van der Waals surface area (Å²) in [6.07, 6.45) is 8.61. The van der Waals surface area contributed by atoms with Crippen LogP contribution in [0.2, 0.25) is 0 Å². The Kier molecular flexibility index (Phi) is 4.70. The number of morpholine rings is 1. The predicted octanol–water partition coefficient (Wildman–Crippen LogP) is 1.93. The van der Waals surface area contributed by atoms with Gasteiger partial charge in [-0.3, -0.25) is 9.78 Å². The highest BCUT2D eigenvalue weighted by Gasteiger charge is 2.20. The Bertz CT molecular complexity index is 478. The second-order valence-electron chi connectivity index (χ2n) is 5.74. The van der Waals surface area contributed by atoms with Crippen LogP contribution in [-0.2, 0) is 4.74 Å². The second-order valence-corrected chi connectivity index (χ2v) is 5.74. The largest absolute Gasteiger partial charge is 0.378 e. The van der Waals surface area contributed by atoms with Crippen molar-refractivity contribution in [1.29, 1.82) is 0 Å². The fraction of sp³-hybridized carbons (Fsp3) is 0.625. The summed E-state index contributed by atoms with van der Waals surface area (Å²) in [5, 5.41) is 0. The summed E-state index contributed by atoms with van der Waals surface area (Å²) >= 11 is 0. The molecular weight excluding hydrogens is 266 g/mol. The van der Waals surface area contributed by atoms with Crippen LogP contribution in [0.25, 0.3) is 0 Å². The summed E-state index contributed by atoms with van der Waals surface area (Å²) < 4.78 is 5.30. The van der Waals surface area contributed by atoms with E-state index in [9.17, 15) is 4.79 Å². The topological polar surface area (TPSA) is 45.7 Å². The molecule has 5 nitrogen and oxygen atoms in total. The molecule has 0 atom stereocenters. The van der Waals surface area contributed by atoms with Gasteiger partial charge in [0.2, 0.25) is 0 Å². The number of nitrogens with zero attached hydrogens (tertiary/aromatic N) is 3. The van der Waals surface area contributed by atoms with E-state index >= 15 is 0 Å². The number of aromatic nitrogens is 1. The lowest BCUT2D eigenvalue weighted by Crippen LogP contribution is -2.40. The van der Waals surface area contributed by atoms with Gasteiger partial charge >= 0.3 is 0 Å². The van der Waals surface area contributed by atoms with Gasteiger partial charge in [0.25, 0.3) is 5.91 Å². The van der Waals surface area contributed by atoms with Crippen LogP contribution in [0.4, 0.5) is 5.69 Å². The average molecular weight is 289 g/mol. The van der Waals surface area contributed by atoms with Crippen LogP contribution >= 0.6 is 0 Å². The van der Waals surface area contributed by atoms with Gasteiger partial charge in [0.05, 0.1) is 30.7 Å². The minimum absolute atomic E-state index is 0.0717. The fourth-order valence-electron chi connectivity index (χ4n) is 3.00. The van der Waals surface area contributed by atoms with Crippen LogP contribution in [0.15, 0.2) is 18.5 Å². The van der Waals surface area contributed by atoms with Crippen LogP contribution in [0.1, 0.15) is 36.0 Å². The molecule has 0 unspecified atom stereocenters. The Hall–Kier alpha value is -1.62. The van der Waals surface area contributed by atoms with E-state index in [0.29, 0.717) is 31.9 Å². The summed E-state index contributed by atoms with van der Waals surface area (Å²) in [5.41, 5.74) is 1.77. The third-order valence-corrected chi connectivity index (χ3v) is 4.24. The van der Waals surface area contributed by atoms with E-state index in [2.05, 4.69) is 9.88 Å². The van der Waals surface area contributed by atoms with Gasteiger partial charge in [-0.05, 0) is 18.9 Å². The Morgan fingerprint density at radius 2 is 1.71 bits per heavy atom. The maximum atomic E-state index is 12.5. The Morgan fingerprint density at radius 3 is 2.43 bits per heavy atom. The molecule has 2 aliphatic rings. The van der Waals surface area contributed by atoms with Crippen LogP contribution in [0, 0.1) is 0 Å². The summed E-state index contributed by atoms with van der Waals surface area (Å²) in [5.74, 6) is 0.0717. The predicted molar refractivity (Wildman–Crippen MR) is 81.6 cm³/mol. The number of pyridine rings is 1. The van der Waals surface area contributed by atoms with Gasteiger partial charge in [-0.25, -0.2) is 0 Å². The van der Waals surface area contributed by atoms with Crippen molar-refractivity contribution in [3.63, 3.8) is 0 Å². The minimum Gasteiger partial charge on any atom is -0.378 e. The number of ether oxygens (including phenoxy) is 1. The van der Waals surface area contributed by atoms with E-state index in [-0.39, 0.29) is 5.91 Å². The highest BCUT2D eigenvalue weighted by molar-refractivity contribution is 5.94. The molecule has 1 aromatic rings. The van der Waals surface area contributed by atoms with Gasteiger partial charge in [0.15, 0.2) is 0 Å². The number of hydrogen-bond acceptors (Lipinski definition) is 4. The molecule has 0 aliphatic carbocycles. The number of carbonyl (C=O) groups is 1. The molecule has 1 aromatic heterocycles. The molecule has 3 rings (SSSR count). The molecule has 0 saturated carbocycles. The summed E-state index contributed by atoms with van der Waals surface area (Å²) in [4.78, 5) is 21.0. The van der Waals surface area contributed by atoms with Crippen LogP contribution in [0.5, 0.6) is 0 Å². The molecule has 2 aliphatic heterocycles. The highest BCUT2D eigenvalue weighted by atomic mass is 16.5. The van der Waals surface area contributed by atoms with Crippen molar-refractivity contribution in [3.8, 4) is 0 Å². The number of amides is 1. The van der Waals surface area contributed by atoms with E-state index in [1.54, 1.807) is 6.20 Å². The molecule has 0 bridgehead atoms. The molecule has 2 saturated heterocycles. The molecular formula is C16H23N3O2. The molecule has 0 aromatic carbocycles. The lowest BCUT2D eigenvalue weighted by atomic mass is 10.2. The molecule has 3 heterocycles. The molecule has 2 fully saturated rings. The third-order valence-electron chi connectivity index (χ3n) is 4.24. The maximum absolute atomic E-state index is 12.5. The van der Waals surface area contributed by atoms with Crippen LogP contribution in [-0.4, -0.2) is 55.2 Å². The first-order valence-corrected chi connectivity index (χ1v) is 7.91. The van der Waals surface area contributed by atoms with Crippen molar-refractivity contribution >= 4 is 11.6 Å². The van der Waals surface area contributed by atoms with Crippen molar-refractivity contribution in [3.05, 3.63) is 24.0 Å². The van der Waals surface area contributed by atoms with Crippen molar-refractivity contribution < 1.29 is 9.53 Å². The van der Waals surface area contributed by atoms with Crippen molar-refractivity contribution in [2.75, 3.05) is 44.3 Å². The molecule has 21 heavy (non-hydrogen) atoms. The van der Waals surface area contributed by atoms with Gasteiger partial charge in [-0.1, -0.05) is 12.8 Å². The Balaban J connectivity index is 1.74. The molecule has 0 N–H and O–H groups in total. The normalized spacial score (nSPS) is 20.2. The summed E-state index contributed by atoms with van der Waals surface area (Å²) in [7, 11) is 0. The van der Waals surface area contributed by atoms with Crippen molar-refractivity contribution in [2.45, 2.75) is 25.7 Å². The monoisotopic (exact) mass is 289 g/mol. The first-order chi connectivity index (χ1) is 10.3. The first-order valence-electron chi connectivity index (χ1n) is 7.91. The summed E-state index contributed by atoms with van der Waals surface area (Å²) in [6.45, 7) is 4.74. The van der Waals surface area contributed by atoms with E-state index in [0.717, 1.165) is 18.8 Å². The Morgan fingerprint density at radius 1 is 1.00 bits per heavy atom. The maximum Gasteiger partial charge on any atom is 0.255 e. The number of carbonyl (C=O) groups excluding carboxylic acids is 1. The van der Waals surface area contributed by atoms with Gasteiger partial charge in [0.1, 0.15) is 0 Å². The smallest absolute Gasteiger partial charge is 0.255 e. The minimum atomic E-state index is 0.0717. The quantitative estimate of drug-likeness (QED) is 0.834. The molecule has 0 radical (unpaired) electrons. The molecule has 1 amide bonds. The van der Waals surface area contributed by atoms with E-state index in [4.69, 9.17) is 4.74 Å². The van der Waals surface area contributed by atoms with Gasteiger partial charge in [-0.2, -0.15) is 0 Å². The average Bonchev–Trinajstić information content (AvgIpc) is 2.84. The van der Waals surface area contributed by atoms with Crippen LogP contribution < -0.4 is 4.90 Å². The zero-order chi connectivity index (χ0) is 14.5. The zero-order valence-corrected chi connectivity index (χ0v) is 12.5.